The fourth-order valence-corrected chi connectivity index (χ4v) is 14.5. The Morgan fingerprint density at radius 1 is 0.310 bits per heavy atom. The first-order valence-corrected chi connectivity index (χ1v) is 39.1. The number of unbranched alkanes of at least 4 members (excludes halogenated alkanes) is 2. The van der Waals surface area contributed by atoms with Gasteiger partial charge in [-0.05, 0) is 94.9 Å². The summed E-state index contributed by atoms with van der Waals surface area (Å²) < 4.78 is 105. The smallest absolute Gasteiger partial charge is 0.338 e. The van der Waals surface area contributed by atoms with Crippen LogP contribution in [0, 0.1) is 0 Å². The number of carbonyl (C=O) groups is 6. The minimum Gasteiger partial charge on any atom is -0.459 e. The lowest BCUT2D eigenvalue weighted by Gasteiger charge is -2.52. The van der Waals surface area contributed by atoms with Crippen LogP contribution >= 0.6 is 0 Å². The van der Waals surface area contributed by atoms with Gasteiger partial charge >= 0.3 is 23.9 Å². The van der Waals surface area contributed by atoms with Crippen LogP contribution in [0.2, 0.25) is 0 Å². The maximum atomic E-state index is 16.0. The molecule has 0 N–H and O–H groups in total. The molecule has 2 amide bonds. The highest BCUT2D eigenvalue weighted by atomic mass is 16.8. The number of rotatable bonds is 36. The Balaban J connectivity index is 0.942. The van der Waals surface area contributed by atoms with E-state index in [1.165, 1.54) is 36.4 Å². The molecule has 3 saturated heterocycles. The van der Waals surface area contributed by atoms with Gasteiger partial charge in [-0.2, -0.15) is 0 Å². The second-order valence-electron chi connectivity index (χ2n) is 28.4. The summed E-state index contributed by atoms with van der Waals surface area (Å²) in [6.07, 6.45) is -19.5. The molecule has 116 heavy (non-hydrogen) atoms. The van der Waals surface area contributed by atoms with E-state index in [2.05, 4.69) is 6.92 Å². The fourth-order valence-electron chi connectivity index (χ4n) is 14.5. The summed E-state index contributed by atoms with van der Waals surface area (Å²) in [5, 5.41) is 0. The molecule has 0 bridgehead atoms. The Labute approximate surface area is 673 Å². The summed E-state index contributed by atoms with van der Waals surface area (Å²) >= 11 is 0. The zero-order chi connectivity index (χ0) is 79.8. The molecule has 0 saturated carbocycles. The molecule has 15 atom stereocenters. The normalized spacial score (nSPS) is 23.7. The van der Waals surface area contributed by atoms with Crippen LogP contribution in [0.15, 0.2) is 297 Å². The van der Waals surface area contributed by atoms with Crippen LogP contribution < -0.4 is 0 Å². The Hall–Kier alpha value is -11.2. The summed E-state index contributed by atoms with van der Waals surface area (Å²) in [6, 6.07) is 84.2. The molecule has 0 spiro atoms. The molecule has 4 aliphatic heterocycles. The van der Waals surface area contributed by atoms with Crippen molar-refractivity contribution in [1.29, 1.82) is 0 Å². The van der Waals surface area contributed by atoms with E-state index in [4.69, 9.17) is 71.1 Å². The van der Waals surface area contributed by atoms with Gasteiger partial charge in [-0.3, -0.25) is 14.5 Å². The van der Waals surface area contributed by atoms with Crippen molar-refractivity contribution in [3.8, 4) is 0 Å². The number of amides is 2. The molecular weight excluding hydrogens is 1480 g/mol. The van der Waals surface area contributed by atoms with Crippen molar-refractivity contribution in [3.63, 3.8) is 0 Å². The molecule has 22 nitrogen and oxygen atoms in total. The topological polar surface area (TPSA) is 244 Å². The van der Waals surface area contributed by atoms with E-state index in [0.717, 1.165) is 40.0 Å². The van der Waals surface area contributed by atoms with Crippen LogP contribution in [0.5, 0.6) is 0 Å². The second kappa shape index (κ2) is 40.9. The molecule has 0 aromatic heterocycles. The minimum atomic E-state index is -2.02. The minimum absolute atomic E-state index is 0.0105. The third-order valence-electron chi connectivity index (χ3n) is 20.3. The van der Waals surface area contributed by atoms with Gasteiger partial charge in [0.25, 0.3) is 11.8 Å². The number of hydrogen-bond acceptors (Lipinski definition) is 21. The Morgan fingerprint density at radius 3 is 1.10 bits per heavy atom. The number of fused-ring (bicyclic) bond motifs is 1. The second-order valence-corrected chi connectivity index (χ2v) is 28.4. The molecule has 598 valence electrons. The van der Waals surface area contributed by atoms with Gasteiger partial charge in [0.05, 0.1) is 79.6 Å². The number of hydrogen-bond donors (Lipinski definition) is 0. The molecule has 4 aliphatic rings. The molecule has 0 aliphatic carbocycles. The van der Waals surface area contributed by atoms with Crippen LogP contribution in [0.4, 0.5) is 0 Å². The van der Waals surface area contributed by atoms with Crippen molar-refractivity contribution in [3.05, 3.63) is 358 Å². The molecule has 0 radical (unpaired) electrons. The SMILES string of the molecule is CCCCCO[C@H]1O[C@H](COCc2ccccc2)[C@@H](OCc2ccccc2)[C@H](OCc2ccccc2)[C@@H]1O[C@@H]1O[C@H](COCc2ccccc2)[C@@H](O[C@@H]2O[C@H](COC(=O)c3ccccc3)[C@H](OC(=O)c3ccccc3)[C@H](OC(=O)c3ccccc3)[C@H]2OC(=O)c2ccccc2)[C@H](OCc2ccccc2)[C@H]1N1C(=O)c2ccccc2C1=O. The van der Waals surface area contributed by atoms with Gasteiger partial charge in [-0.1, -0.05) is 256 Å². The van der Waals surface area contributed by atoms with Crippen molar-refractivity contribution < 1.29 is 99.8 Å². The van der Waals surface area contributed by atoms with Gasteiger partial charge in [0.1, 0.15) is 61.5 Å². The monoisotopic (exact) mass is 1570 g/mol. The highest BCUT2D eigenvalue weighted by Crippen LogP contribution is 2.42. The van der Waals surface area contributed by atoms with Crippen LogP contribution in [-0.2, 0) is 104 Å². The van der Waals surface area contributed by atoms with Crippen LogP contribution in [-0.4, -0.2) is 159 Å². The van der Waals surface area contributed by atoms with E-state index in [-0.39, 0.29) is 79.6 Å². The van der Waals surface area contributed by atoms with Crippen LogP contribution in [0.3, 0.4) is 0 Å². The number of carbonyl (C=O) groups excluding carboxylic acids is 6. The zero-order valence-corrected chi connectivity index (χ0v) is 64.0. The average molecular weight is 1570 g/mol. The van der Waals surface area contributed by atoms with Crippen molar-refractivity contribution in [2.24, 2.45) is 0 Å². The third kappa shape index (κ3) is 20.9. The lowest BCUT2D eigenvalue weighted by atomic mass is 9.93. The number of benzene rings is 10. The van der Waals surface area contributed by atoms with Crippen molar-refractivity contribution in [2.45, 2.75) is 151 Å². The molecule has 3 fully saturated rings. The van der Waals surface area contributed by atoms with Crippen molar-refractivity contribution in [1.82, 2.24) is 4.90 Å². The maximum absolute atomic E-state index is 16.0. The van der Waals surface area contributed by atoms with E-state index in [0.29, 0.717) is 12.0 Å². The van der Waals surface area contributed by atoms with E-state index >= 15 is 19.2 Å². The quantitative estimate of drug-likeness (QED) is 0.0153. The van der Waals surface area contributed by atoms with Gasteiger partial charge < -0.3 is 71.1 Å². The molecule has 0 unspecified atom stereocenters. The fraction of sp³-hybridized carbons (Fsp3) is 0.298. The van der Waals surface area contributed by atoms with E-state index in [1.807, 2.05) is 152 Å². The van der Waals surface area contributed by atoms with Crippen molar-refractivity contribution in [2.75, 3.05) is 26.4 Å². The highest BCUT2D eigenvalue weighted by Gasteiger charge is 2.61. The first kappa shape index (κ1) is 81.4. The maximum Gasteiger partial charge on any atom is 0.338 e. The van der Waals surface area contributed by atoms with Crippen molar-refractivity contribution >= 4 is 35.7 Å². The molecule has 10 aromatic carbocycles. The van der Waals surface area contributed by atoms with Gasteiger partial charge in [-0.15, -0.1) is 0 Å². The molecule has 4 heterocycles. The highest BCUT2D eigenvalue weighted by molar-refractivity contribution is 6.21. The van der Waals surface area contributed by atoms with Crippen LogP contribution in [0.1, 0.15) is 116 Å². The molecular formula is C94H91NO21. The number of nitrogens with zero attached hydrogens (tertiary/aromatic N) is 1. The Morgan fingerprint density at radius 2 is 0.655 bits per heavy atom. The predicted octanol–water partition coefficient (Wildman–Crippen LogP) is 14.5. The van der Waals surface area contributed by atoms with E-state index in [9.17, 15) is 9.59 Å². The molecule has 22 heteroatoms. The third-order valence-corrected chi connectivity index (χ3v) is 20.3. The first-order chi connectivity index (χ1) is 57.0. The summed E-state index contributed by atoms with van der Waals surface area (Å²) in [5.41, 5.74) is 4.32. The summed E-state index contributed by atoms with van der Waals surface area (Å²) in [7, 11) is 0. The summed E-state index contributed by atoms with van der Waals surface area (Å²) in [4.78, 5) is 92.5. The standard InChI is InChI=1S/C94H91NO21/c1-2-3-33-54-104-93-84(82(107-59-67-42-21-8-22-43-67)78(105-57-65-38-17-6-18-39-65)74(110-93)60-102-55-63-34-13-4-14-35-63)116-92-77(95-86(96)72-52-31-32-53-73(72)87(95)97)81(106-58-66-40-19-7-20-41-66)79(75(109-92)61-103-56-64-36-15-5-16-37-64)115-94-85(114-91(101)71-50-29-12-30-51-71)83(113-90(100)70-48-27-11-28-49-70)80(112-89(99)69-46-25-10-26-47-69)76(111-94)62-108-88(98)68-44-23-9-24-45-68/h4-32,34-53,74-85,92-94H,2-3,33,54-62H2,1H3/t74-,75-,76-,77-,78-,79-,80+,81-,82+,83+,84+,85-,92+,93+,94+/m1/s1. The van der Waals surface area contributed by atoms with Gasteiger partial charge in [0.2, 0.25) is 0 Å². The first-order valence-electron chi connectivity index (χ1n) is 39.1. The van der Waals surface area contributed by atoms with Gasteiger partial charge in [0.15, 0.2) is 37.2 Å². The zero-order valence-electron chi connectivity index (χ0n) is 64.0. The number of imide groups is 1. The number of ether oxygens (including phenoxy) is 15. The molecule has 14 rings (SSSR count). The average Bonchev–Trinajstić information content (AvgIpc) is 1.38. The summed E-state index contributed by atoms with van der Waals surface area (Å²) in [5.74, 6) is -5.22. The largest absolute Gasteiger partial charge is 0.459 e. The lowest BCUT2D eigenvalue weighted by Crippen LogP contribution is -2.71. The number of esters is 4. The van der Waals surface area contributed by atoms with Crippen LogP contribution in [0.25, 0.3) is 0 Å². The lowest BCUT2D eigenvalue weighted by molar-refractivity contribution is -0.383. The van der Waals surface area contributed by atoms with E-state index in [1.54, 1.807) is 109 Å². The summed E-state index contributed by atoms with van der Waals surface area (Å²) in [6.45, 7) is 1.18. The molecule has 10 aromatic rings. The van der Waals surface area contributed by atoms with Gasteiger partial charge in [-0.25, -0.2) is 19.2 Å². The Bertz CT molecular complexity index is 4720. The van der Waals surface area contributed by atoms with Gasteiger partial charge in [0, 0.05) is 6.61 Å². The predicted molar refractivity (Wildman–Crippen MR) is 423 cm³/mol. The van der Waals surface area contributed by atoms with E-state index < -0.39 is 141 Å². The Kier molecular flexibility index (Phi) is 28.7.